The Kier molecular flexibility index (Phi) is 4.85. The highest BCUT2D eigenvalue weighted by molar-refractivity contribution is 7.13. The maximum Gasteiger partial charge on any atom is 0.229 e. The van der Waals surface area contributed by atoms with Gasteiger partial charge in [-0.3, -0.25) is 4.79 Å². The van der Waals surface area contributed by atoms with Crippen molar-refractivity contribution >= 4 is 17.2 Å². The summed E-state index contributed by atoms with van der Waals surface area (Å²) in [6, 6.07) is 19.0. The molecule has 3 nitrogen and oxygen atoms in total. The lowest BCUT2D eigenvalue weighted by atomic mass is 10.1. The molecule has 26 heavy (non-hydrogen) atoms. The molecule has 0 spiro atoms. The first kappa shape index (κ1) is 17.0. The van der Waals surface area contributed by atoms with Crippen LogP contribution in [0.5, 0.6) is 0 Å². The number of amides is 1. The highest BCUT2D eigenvalue weighted by Crippen LogP contribution is 2.30. The molecule has 2 aromatic carbocycles. The fourth-order valence-corrected chi connectivity index (χ4v) is 3.88. The van der Waals surface area contributed by atoms with Gasteiger partial charge in [0.15, 0.2) is 0 Å². The van der Waals surface area contributed by atoms with Crippen molar-refractivity contribution in [2.24, 2.45) is 0 Å². The number of hydrogen-bond donors (Lipinski definition) is 0. The summed E-state index contributed by atoms with van der Waals surface area (Å²) in [4.78, 5) is 19.6. The topological polar surface area (TPSA) is 33.2 Å². The average molecular weight is 362 g/mol. The molecule has 0 saturated heterocycles. The molecular weight excluding hydrogens is 340 g/mol. The number of carbonyl (C=O) groups is 1. The highest BCUT2D eigenvalue weighted by atomic mass is 32.1. The lowest BCUT2D eigenvalue weighted by Crippen LogP contribution is -2.33. The molecule has 1 aromatic heterocycles. The zero-order chi connectivity index (χ0) is 17.9. The second-order valence-corrected chi connectivity index (χ2v) is 7.78. The number of rotatable bonds is 6. The molecular formula is C22H22N2OS. The molecule has 1 saturated carbocycles. The number of benzene rings is 2. The zero-order valence-electron chi connectivity index (χ0n) is 14.9. The van der Waals surface area contributed by atoms with Crippen molar-refractivity contribution in [3.63, 3.8) is 0 Å². The van der Waals surface area contributed by atoms with Crippen LogP contribution in [0.4, 0.5) is 0 Å². The maximum atomic E-state index is 12.9. The van der Waals surface area contributed by atoms with Gasteiger partial charge >= 0.3 is 0 Å². The summed E-state index contributed by atoms with van der Waals surface area (Å²) in [5.74, 6) is 0.179. The Bertz CT molecular complexity index is 882. The smallest absolute Gasteiger partial charge is 0.229 e. The molecule has 1 aliphatic carbocycles. The van der Waals surface area contributed by atoms with Crippen molar-refractivity contribution in [1.29, 1.82) is 0 Å². The van der Waals surface area contributed by atoms with Crippen LogP contribution >= 0.6 is 11.3 Å². The molecule has 0 radical (unpaired) electrons. The summed E-state index contributed by atoms with van der Waals surface area (Å²) in [6.45, 7) is 2.78. The van der Waals surface area contributed by atoms with E-state index in [-0.39, 0.29) is 5.91 Å². The third-order valence-electron chi connectivity index (χ3n) is 4.69. The van der Waals surface area contributed by atoms with E-state index in [9.17, 15) is 4.79 Å². The van der Waals surface area contributed by atoms with Crippen LogP contribution in [0.2, 0.25) is 0 Å². The van der Waals surface area contributed by atoms with E-state index < -0.39 is 0 Å². The van der Waals surface area contributed by atoms with Gasteiger partial charge in [-0.25, -0.2) is 4.98 Å². The van der Waals surface area contributed by atoms with Crippen LogP contribution < -0.4 is 0 Å². The van der Waals surface area contributed by atoms with Gasteiger partial charge in [-0.15, -0.1) is 11.3 Å². The standard InChI is InChI=1S/C22H22N2OS/c1-16-7-9-17(10-8-16)14-24(20-11-12-20)21(25)13-19-15-26-22(23-19)18-5-3-2-4-6-18/h2-10,15,20H,11-14H2,1H3. The Morgan fingerprint density at radius 2 is 1.85 bits per heavy atom. The Balaban J connectivity index is 1.45. The minimum atomic E-state index is 0.179. The second-order valence-electron chi connectivity index (χ2n) is 6.93. The van der Waals surface area contributed by atoms with Crippen LogP contribution in [-0.2, 0) is 17.8 Å². The van der Waals surface area contributed by atoms with Crippen LogP contribution in [-0.4, -0.2) is 21.8 Å². The van der Waals surface area contributed by atoms with Gasteiger partial charge < -0.3 is 4.90 Å². The molecule has 3 aromatic rings. The maximum absolute atomic E-state index is 12.9. The molecule has 4 rings (SSSR count). The van der Waals surface area contributed by atoms with Crippen molar-refractivity contribution in [2.75, 3.05) is 0 Å². The second kappa shape index (κ2) is 7.42. The quantitative estimate of drug-likeness (QED) is 0.628. The highest BCUT2D eigenvalue weighted by Gasteiger charge is 2.32. The van der Waals surface area contributed by atoms with E-state index in [4.69, 9.17) is 0 Å². The van der Waals surface area contributed by atoms with E-state index in [0.717, 1.165) is 29.1 Å². The predicted molar refractivity (Wildman–Crippen MR) is 106 cm³/mol. The van der Waals surface area contributed by atoms with Gasteiger partial charge in [0.25, 0.3) is 0 Å². The summed E-state index contributed by atoms with van der Waals surface area (Å²) in [6.07, 6.45) is 2.61. The number of carbonyl (C=O) groups excluding carboxylic acids is 1. The molecule has 1 amide bonds. The molecule has 132 valence electrons. The summed E-state index contributed by atoms with van der Waals surface area (Å²) in [7, 11) is 0. The first-order chi connectivity index (χ1) is 12.7. The zero-order valence-corrected chi connectivity index (χ0v) is 15.7. The number of nitrogens with zero attached hydrogens (tertiary/aromatic N) is 2. The molecule has 1 heterocycles. The van der Waals surface area contributed by atoms with Crippen LogP contribution in [0.3, 0.4) is 0 Å². The third-order valence-corrected chi connectivity index (χ3v) is 5.63. The molecule has 1 fully saturated rings. The summed E-state index contributed by atoms with van der Waals surface area (Å²) >= 11 is 1.60. The Morgan fingerprint density at radius 1 is 1.12 bits per heavy atom. The normalized spacial score (nSPS) is 13.6. The van der Waals surface area contributed by atoms with E-state index >= 15 is 0 Å². The van der Waals surface area contributed by atoms with Crippen LogP contribution in [0.15, 0.2) is 60.0 Å². The van der Waals surface area contributed by atoms with Gasteiger partial charge in [0.2, 0.25) is 5.91 Å². The average Bonchev–Trinajstić information content (AvgIpc) is 3.40. The minimum Gasteiger partial charge on any atom is -0.335 e. The van der Waals surface area contributed by atoms with E-state index in [0.29, 0.717) is 19.0 Å². The fourth-order valence-electron chi connectivity index (χ4n) is 3.06. The van der Waals surface area contributed by atoms with Crippen molar-refractivity contribution in [3.8, 4) is 10.6 Å². The third kappa shape index (κ3) is 4.02. The first-order valence-corrected chi connectivity index (χ1v) is 9.92. The van der Waals surface area contributed by atoms with Crippen molar-refractivity contribution in [3.05, 3.63) is 76.8 Å². The van der Waals surface area contributed by atoms with E-state index in [1.165, 1.54) is 11.1 Å². The fraction of sp³-hybridized carbons (Fsp3) is 0.273. The van der Waals surface area contributed by atoms with Crippen molar-refractivity contribution in [1.82, 2.24) is 9.88 Å². The molecule has 0 N–H and O–H groups in total. The first-order valence-electron chi connectivity index (χ1n) is 9.04. The van der Waals surface area contributed by atoms with E-state index in [2.05, 4.69) is 48.3 Å². The van der Waals surface area contributed by atoms with Crippen LogP contribution in [0.25, 0.3) is 10.6 Å². The Morgan fingerprint density at radius 3 is 2.54 bits per heavy atom. The number of aromatic nitrogens is 1. The molecule has 0 atom stereocenters. The Labute approximate surface area is 158 Å². The molecule has 0 bridgehead atoms. The van der Waals surface area contributed by atoms with Gasteiger partial charge in [-0.05, 0) is 25.3 Å². The van der Waals surface area contributed by atoms with Gasteiger partial charge in [-0.2, -0.15) is 0 Å². The van der Waals surface area contributed by atoms with Gasteiger partial charge in [0.1, 0.15) is 5.01 Å². The monoisotopic (exact) mass is 362 g/mol. The van der Waals surface area contributed by atoms with E-state index in [1.54, 1.807) is 11.3 Å². The molecule has 1 aliphatic rings. The minimum absolute atomic E-state index is 0.179. The van der Waals surface area contributed by atoms with E-state index in [1.807, 2.05) is 28.5 Å². The molecule has 4 heteroatoms. The van der Waals surface area contributed by atoms with Gasteiger partial charge in [0, 0.05) is 23.5 Å². The number of hydrogen-bond acceptors (Lipinski definition) is 3. The van der Waals surface area contributed by atoms with Gasteiger partial charge in [-0.1, -0.05) is 60.2 Å². The number of aryl methyl sites for hydroxylation is 1. The molecule has 0 unspecified atom stereocenters. The summed E-state index contributed by atoms with van der Waals surface area (Å²) in [5, 5.41) is 2.99. The number of thiazole rings is 1. The predicted octanol–water partition coefficient (Wildman–Crippen LogP) is 4.85. The lowest BCUT2D eigenvalue weighted by molar-refractivity contribution is -0.131. The van der Waals surface area contributed by atoms with Gasteiger partial charge in [0.05, 0.1) is 12.1 Å². The van der Waals surface area contributed by atoms with Crippen molar-refractivity contribution in [2.45, 2.75) is 38.8 Å². The summed E-state index contributed by atoms with van der Waals surface area (Å²) in [5.41, 5.74) is 4.41. The Hall–Kier alpha value is -2.46. The van der Waals surface area contributed by atoms with Crippen LogP contribution in [0.1, 0.15) is 29.7 Å². The SMILES string of the molecule is Cc1ccc(CN(C(=O)Cc2csc(-c3ccccc3)n2)C2CC2)cc1. The van der Waals surface area contributed by atoms with Crippen molar-refractivity contribution < 1.29 is 4.79 Å². The lowest BCUT2D eigenvalue weighted by Gasteiger charge is -2.22. The van der Waals surface area contributed by atoms with Crippen LogP contribution in [0, 0.1) is 6.92 Å². The summed E-state index contributed by atoms with van der Waals surface area (Å²) < 4.78 is 0. The molecule has 0 aliphatic heterocycles. The largest absolute Gasteiger partial charge is 0.335 e.